The molecule has 0 fully saturated rings. The molecule has 0 aliphatic heterocycles. The molecule has 0 aliphatic rings. The number of phenols is 1. The van der Waals surface area contributed by atoms with Crippen molar-refractivity contribution in [2.75, 3.05) is 10.8 Å². The van der Waals surface area contributed by atoms with E-state index in [1.165, 1.54) is 17.7 Å². The highest BCUT2D eigenvalue weighted by molar-refractivity contribution is 8.00. The molecule has 3 rings (SSSR count). The number of benzene rings is 3. The van der Waals surface area contributed by atoms with Crippen molar-refractivity contribution in [1.29, 1.82) is 0 Å². The number of hydrogen-bond acceptors (Lipinski definition) is 4. The maximum Gasteiger partial charge on any atom is 0.339 e. The fraction of sp³-hybridized carbons (Fsp3) is 0.174. The summed E-state index contributed by atoms with van der Waals surface area (Å²) < 4.78 is 2.06. The molecule has 0 aliphatic carbocycles. The minimum Gasteiger partial charge on any atom is -0.507 e. The first-order chi connectivity index (χ1) is 13.4. The lowest BCUT2D eigenvalue weighted by Crippen LogP contribution is -2.20. The molecule has 0 spiro atoms. The Morgan fingerprint density at radius 1 is 0.964 bits per heavy atom. The quantitative estimate of drug-likeness (QED) is 0.487. The summed E-state index contributed by atoms with van der Waals surface area (Å²) in [6.07, 6.45) is 0. The van der Waals surface area contributed by atoms with Crippen LogP contribution in [0.4, 0.5) is 5.69 Å². The number of carboxylic acids is 1. The molecule has 4 nitrogen and oxygen atoms in total. The average Bonchev–Trinajstić information content (AvgIpc) is 2.68. The van der Waals surface area contributed by atoms with Crippen molar-refractivity contribution in [3.8, 4) is 16.9 Å². The summed E-state index contributed by atoms with van der Waals surface area (Å²) in [5, 5.41) is 19.1. The molecule has 5 heteroatoms. The number of anilines is 1. The first kappa shape index (κ1) is 19.8. The summed E-state index contributed by atoms with van der Waals surface area (Å²) in [5.41, 5.74) is 2.98. The maximum atomic E-state index is 11.4. The van der Waals surface area contributed by atoms with Gasteiger partial charge in [-0.25, -0.2) is 4.79 Å². The fourth-order valence-electron chi connectivity index (χ4n) is 2.84. The molecule has 0 saturated carbocycles. The molecular weight excluding hydrogens is 370 g/mol. The molecule has 3 aromatic rings. The monoisotopic (exact) mass is 393 g/mol. The summed E-state index contributed by atoms with van der Waals surface area (Å²) in [6.45, 7) is 4.98. The van der Waals surface area contributed by atoms with Crippen molar-refractivity contribution in [3.05, 3.63) is 78.4 Å². The molecule has 0 radical (unpaired) electrons. The average molecular weight is 394 g/mol. The van der Waals surface area contributed by atoms with Gasteiger partial charge in [0.1, 0.15) is 11.3 Å². The van der Waals surface area contributed by atoms with Crippen LogP contribution in [0.15, 0.2) is 77.7 Å². The molecule has 0 aromatic heterocycles. The van der Waals surface area contributed by atoms with Crippen molar-refractivity contribution in [1.82, 2.24) is 0 Å². The number of aromatic hydroxyl groups is 1. The Labute approximate surface area is 169 Å². The van der Waals surface area contributed by atoms with E-state index in [2.05, 4.69) is 54.6 Å². The number of carboxylic acid groups (broad SMARTS) is 1. The molecule has 2 N–H and O–H groups in total. The van der Waals surface area contributed by atoms with Gasteiger partial charge in [0.05, 0.1) is 0 Å². The molecule has 28 heavy (non-hydrogen) atoms. The van der Waals surface area contributed by atoms with Crippen LogP contribution in [0.2, 0.25) is 0 Å². The van der Waals surface area contributed by atoms with Crippen molar-refractivity contribution >= 4 is 23.6 Å². The van der Waals surface area contributed by atoms with Gasteiger partial charge in [-0.05, 0) is 59.3 Å². The van der Waals surface area contributed by atoms with Crippen LogP contribution in [0, 0.1) is 5.92 Å². The molecule has 0 saturated heterocycles. The number of carbonyl (C=O) groups is 1. The summed E-state index contributed by atoms with van der Waals surface area (Å²) in [7, 11) is 0. The fourth-order valence-corrected chi connectivity index (χ4v) is 3.95. The topological polar surface area (TPSA) is 60.8 Å². The number of nitrogens with zero attached hydrogens (tertiary/aromatic N) is 1. The molecule has 3 aromatic carbocycles. The van der Waals surface area contributed by atoms with Crippen molar-refractivity contribution < 1.29 is 15.0 Å². The predicted octanol–water partition coefficient (Wildman–Crippen LogP) is 5.93. The largest absolute Gasteiger partial charge is 0.507 e. The van der Waals surface area contributed by atoms with E-state index >= 15 is 0 Å². The Morgan fingerprint density at radius 2 is 1.61 bits per heavy atom. The lowest BCUT2D eigenvalue weighted by Gasteiger charge is -2.25. The van der Waals surface area contributed by atoms with E-state index in [9.17, 15) is 15.0 Å². The second-order valence-corrected chi connectivity index (χ2v) is 8.04. The highest BCUT2D eigenvalue weighted by Crippen LogP contribution is 2.33. The SMILES string of the molecule is CC(C)CN(Sc1ccc(-c2ccccc2)cc1)c1ccc(O)c(C(=O)O)c1. The van der Waals surface area contributed by atoms with Crippen LogP contribution in [-0.4, -0.2) is 22.7 Å². The molecule has 0 bridgehead atoms. The van der Waals surface area contributed by atoms with Gasteiger partial charge in [-0.1, -0.05) is 56.3 Å². The van der Waals surface area contributed by atoms with E-state index in [-0.39, 0.29) is 11.3 Å². The van der Waals surface area contributed by atoms with Gasteiger partial charge >= 0.3 is 5.97 Å². The van der Waals surface area contributed by atoms with E-state index in [0.717, 1.165) is 22.7 Å². The van der Waals surface area contributed by atoms with Gasteiger partial charge in [-0.3, -0.25) is 0 Å². The van der Waals surface area contributed by atoms with E-state index in [1.807, 2.05) is 18.2 Å². The van der Waals surface area contributed by atoms with Gasteiger partial charge in [0.15, 0.2) is 0 Å². The van der Waals surface area contributed by atoms with E-state index in [1.54, 1.807) is 18.0 Å². The minimum absolute atomic E-state index is 0.0914. The summed E-state index contributed by atoms with van der Waals surface area (Å²) in [5.74, 6) is -0.975. The molecule has 0 heterocycles. The smallest absolute Gasteiger partial charge is 0.339 e. The first-order valence-electron chi connectivity index (χ1n) is 9.11. The van der Waals surface area contributed by atoms with Crippen molar-refractivity contribution in [3.63, 3.8) is 0 Å². The van der Waals surface area contributed by atoms with Crippen molar-refractivity contribution in [2.45, 2.75) is 18.7 Å². The Hall–Kier alpha value is -2.92. The van der Waals surface area contributed by atoms with Crippen LogP contribution < -0.4 is 4.31 Å². The highest BCUT2D eigenvalue weighted by atomic mass is 32.2. The summed E-state index contributed by atoms with van der Waals surface area (Å²) in [4.78, 5) is 12.4. The Balaban J connectivity index is 1.85. The van der Waals surface area contributed by atoms with Gasteiger partial charge in [0.25, 0.3) is 0 Å². The van der Waals surface area contributed by atoms with Crippen LogP contribution in [-0.2, 0) is 0 Å². The van der Waals surface area contributed by atoms with E-state index in [0.29, 0.717) is 5.92 Å². The second-order valence-electron chi connectivity index (χ2n) is 6.94. The third-order valence-corrected chi connectivity index (χ3v) is 5.27. The van der Waals surface area contributed by atoms with Crippen LogP contribution in [0.5, 0.6) is 5.75 Å². The lowest BCUT2D eigenvalue weighted by atomic mass is 10.1. The number of aromatic carboxylic acids is 1. The lowest BCUT2D eigenvalue weighted by molar-refractivity contribution is 0.0694. The maximum absolute atomic E-state index is 11.4. The summed E-state index contributed by atoms with van der Waals surface area (Å²) in [6, 6.07) is 23.2. The molecule has 0 unspecified atom stereocenters. The highest BCUT2D eigenvalue weighted by Gasteiger charge is 2.16. The van der Waals surface area contributed by atoms with Crippen molar-refractivity contribution in [2.24, 2.45) is 5.92 Å². The Morgan fingerprint density at radius 3 is 2.21 bits per heavy atom. The standard InChI is InChI=1S/C23H23NO3S/c1-16(2)15-24(19-10-13-22(25)21(14-19)23(26)27)28-20-11-8-18(9-12-20)17-6-4-3-5-7-17/h3-14,16,25H,15H2,1-2H3,(H,26,27). The van der Waals surface area contributed by atoms with Gasteiger partial charge in [-0.15, -0.1) is 0 Å². The zero-order valence-corrected chi connectivity index (χ0v) is 16.7. The Bertz CT molecular complexity index is 940. The van der Waals surface area contributed by atoms with Gasteiger partial charge in [0.2, 0.25) is 0 Å². The van der Waals surface area contributed by atoms with Crippen LogP contribution in [0.3, 0.4) is 0 Å². The van der Waals surface area contributed by atoms with E-state index < -0.39 is 5.97 Å². The third-order valence-electron chi connectivity index (χ3n) is 4.21. The first-order valence-corrected chi connectivity index (χ1v) is 9.88. The summed E-state index contributed by atoms with van der Waals surface area (Å²) >= 11 is 1.56. The van der Waals surface area contributed by atoms with E-state index in [4.69, 9.17) is 0 Å². The van der Waals surface area contributed by atoms with Crippen LogP contribution in [0.1, 0.15) is 24.2 Å². The molecule has 0 atom stereocenters. The zero-order chi connectivity index (χ0) is 20.1. The van der Waals surface area contributed by atoms with Gasteiger partial charge in [-0.2, -0.15) is 0 Å². The van der Waals surface area contributed by atoms with Gasteiger partial charge in [0, 0.05) is 17.1 Å². The molecular formula is C23H23NO3S. The van der Waals surface area contributed by atoms with Crippen LogP contribution >= 0.6 is 11.9 Å². The number of hydrogen-bond donors (Lipinski definition) is 2. The third kappa shape index (κ3) is 4.87. The van der Waals surface area contributed by atoms with Gasteiger partial charge < -0.3 is 14.5 Å². The molecule has 0 amide bonds. The zero-order valence-electron chi connectivity index (χ0n) is 15.9. The normalized spacial score (nSPS) is 10.8. The molecule has 144 valence electrons. The minimum atomic E-state index is -1.14. The van der Waals surface area contributed by atoms with Crippen LogP contribution in [0.25, 0.3) is 11.1 Å². The predicted molar refractivity (Wildman–Crippen MR) is 115 cm³/mol. The Kier molecular flexibility index (Phi) is 6.26. The number of rotatable bonds is 7. The second kappa shape index (κ2) is 8.85.